The quantitative estimate of drug-likeness (QED) is 0.517. The molecule has 5 rings (SSSR count). The third-order valence-electron chi connectivity index (χ3n) is 6.55. The second kappa shape index (κ2) is 8.86. The van der Waals surface area contributed by atoms with Crippen LogP contribution in [0.1, 0.15) is 34.5 Å². The molecule has 3 N–H and O–H groups in total. The summed E-state index contributed by atoms with van der Waals surface area (Å²) in [5.74, 6) is 0.539. The van der Waals surface area contributed by atoms with Gasteiger partial charge in [0.15, 0.2) is 0 Å². The van der Waals surface area contributed by atoms with Crippen molar-refractivity contribution in [1.82, 2.24) is 25.8 Å². The second-order valence-electron chi connectivity index (χ2n) is 9.02. The van der Waals surface area contributed by atoms with Gasteiger partial charge in [0.2, 0.25) is 0 Å². The zero-order valence-corrected chi connectivity index (χ0v) is 18.5. The summed E-state index contributed by atoms with van der Waals surface area (Å²) < 4.78 is 13.9. The number of hydrogen-bond acceptors (Lipinski definition) is 6. The third-order valence-corrected chi connectivity index (χ3v) is 6.55. The minimum absolute atomic E-state index is 0.0867. The Labute approximate surface area is 192 Å². The Balaban J connectivity index is 1.27. The van der Waals surface area contributed by atoms with Crippen molar-refractivity contribution in [3.63, 3.8) is 0 Å². The van der Waals surface area contributed by atoms with Gasteiger partial charge in [0, 0.05) is 42.4 Å². The minimum atomic E-state index is -0.799. The Kier molecular flexibility index (Phi) is 5.76. The highest BCUT2D eigenvalue weighted by molar-refractivity contribution is 5.95. The summed E-state index contributed by atoms with van der Waals surface area (Å²) in [6.45, 7) is 4.17. The monoisotopic (exact) mass is 446 g/mol. The average Bonchev–Trinajstić information content (AvgIpc) is 2.79. The van der Waals surface area contributed by atoms with Gasteiger partial charge >= 0.3 is 0 Å². The first-order chi connectivity index (χ1) is 16.0. The second-order valence-corrected chi connectivity index (χ2v) is 9.02. The van der Waals surface area contributed by atoms with Crippen LogP contribution in [-0.2, 0) is 5.41 Å². The Hall–Kier alpha value is -3.39. The van der Waals surface area contributed by atoms with E-state index in [1.165, 1.54) is 0 Å². The molecule has 2 aromatic heterocycles. The van der Waals surface area contributed by atoms with Crippen molar-refractivity contribution >= 4 is 11.7 Å². The van der Waals surface area contributed by atoms with Gasteiger partial charge in [-0.1, -0.05) is 18.2 Å². The van der Waals surface area contributed by atoms with E-state index in [0.717, 1.165) is 29.9 Å². The lowest BCUT2D eigenvalue weighted by atomic mass is 9.64. The van der Waals surface area contributed by atoms with E-state index in [0.29, 0.717) is 36.5 Å². The molecule has 170 valence electrons. The summed E-state index contributed by atoms with van der Waals surface area (Å²) in [7, 11) is 0. The highest BCUT2D eigenvalue weighted by atomic mass is 19.1. The largest absolute Gasteiger partial charge is 0.368 e. The molecule has 33 heavy (non-hydrogen) atoms. The molecule has 1 saturated heterocycles. The summed E-state index contributed by atoms with van der Waals surface area (Å²) in [4.78, 5) is 17.0. The Bertz CT molecular complexity index is 1140. The maximum atomic E-state index is 13.9. The van der Waals surface area contributed by atoms with E-state index in [1.807, 2.05) is 49.4 Å². The summed E-state index contributed by atoms with van der Waals surface area (Å²) in [5.41, 5.74) is 3.80. The maximum Gasteiger partial charge on any atom is 0.251 e. The van der Waals surface area contributed by atoms with E-state index in [9.17, 15) is 9.18 Å². The van der Waals surface area contributed by atoms with Crippen molar-refractivity contribution in [1.29, 1.82) is 0 Å². The third kappa shape index (κ3) is 4.43. The SMILES string of the molecule is Cc1cccnc1[C@]1(CNc2ccc(-c3cccc(C(=O)NC4CNC4)c3)nn2)C[C@@H](F)C1. The fourth-order valence-corrected chi connectivity index (χ4v) is 4.57. The van der Waals surface area contributed by atoms with E-state index in [1.54, 1.807) is 12.3 Å². The van der Waals surface area contributed by atoms with Gasteiger partial charge in [-0.2, -0.15) is 0 Å². The molecule has 1 saturated carbocycles. The molecule has 1 aliphatic heterocycles. The average molecular weight is 447 g/mol. The topological polar surface area (TPSA) is 91.8 Å². The number of amides is 1. The number of nitrogens with one attached hydrogen (secondary N) is 3. The van der Waals surface area contributed by atoms with Crippen molar-refractivity contribution in [2.45, 2.75) is 37.4 Å². The number of aryl methyl sites for hydroxylation is 1. The first-order valence-corrected chi connectivity index (χ1v) is 11.3. The van der Waals surface area contributed by atoms with E-state index in [2.05, 4.69) is 31.1 Å². The van der Waals surface area contributed by atoms with Crippen molar-refractivity contribution in [2.24, 2.45) is 0 Å². The van der Waals surface area contributed by atoms with Gasteiger partial charge in [-0.05, 0) is 55.7 Å². The van der Waals surface area contributed by atoms with Crippen LogP contribution in [0.3, 0.4) is 0 Å². The highest BCUT2D eigenvalue weighted by Gasteiger charge is 2.47. The van der Waals surface area contributed by atoms with Crippen molar-refractivity contribution in [3.05, 3.63) is 71.5 Å². The van der Waals surface area contributed by atoms with Gasteiger partial charge in [0.05, 0.1) is 17.4 Å². The van der Waals surface area contributed by atoms with Crippen LogP contribution in [0, 0.1) is 6.92 Å². The van der Waals surface area contributed by atoms with E-state index < -0.39 is 6.17 Å². The van der Waals surface area contributed by atoms with Crippen LogP contribution in [0.4, 0.5) is 10.2 Å². The number of pyridine rings is 1. The lowest BCUT2D eigenvalue weighted by Crippen LogP contribution is -2.56. The van der Waals surface area contributed by atoms with Gasteiger partial charge in [-0.3, -0.25) is 9.78 Å². The predicted molar refractivity (Wildman–Crippen MR) is 125 cm³/mol. The molecule has 3 heterocycles. The van der Waals surface area contributed by atoms with Crippen molar-refractivity contribution in [2.75, 3.05) is 25.0 Å². The fraction of sp³-hybridized carbons (Fsp3) is 0.360. The molecule has 1 amide bonds. The molecule has 8 heteroatoms. The number of aromatic nitrogens is 3. The molecule has 2 aliphatic rings. The molecule has 7 nitrogen and oxygen atoms in total. The van der Waals surface area contributed by atoms with E-state index in [4.69, 9.17) is 0 Å². The van der Waals surface area contributed by atoms with Crippen LogP contribution >= 0.6 is 0 Å². The highest BCUT2D eigenvalue weighted by Crippen LogP contribution is 2.45. The molecule has 0 unspecified atom stereocenters. The minimum Gasteiger partial charge on any atom is -0.368 e. The Morgan fingerprint density at radius 3 is 2.67 bits per heavy atom. The standard InChI is InChI=1S/C25H27FN6O/c1-16-4-3-9-28-23(16)25(11-19(26)12-25)15-29-22-8-7-21(31-32-22)17-5-2-6-18(10-17)24(33)30-20-13-27-14-20/h2-10,19-20,27H,11-15H2,1H3,(H,29,32)(H,30,33)/t19-,25-. The van der Waals surface area contributed by atoms with Crippen LogP contribution in [0.5, 0.6) is 0 Å². The summed E-state index contributed by atoms with van der Waals surface area (Å²) in [6.07, 6.45) is 1.87. The van der Waals surface area contributed by atoms with Gasteiger partial charge in [0.1, 0.15) is 12.0 Å². The number of carbonyl (C=O) groups is 1. The van der Waals surface area contributed by atoms with Gasteiger partial charge in [-0.15, -0.1) is 10.2 Å². The Morgan fingerprint density at radius 2 is 2.00 bits per heavy atom. The van der Waals surface area contributed by atoms with Crippen LogP contribution in [-0.4, -0.2) is 52.9 Å². The molecular formula is C25H27FN6O. The number of alkyl halides is 1. The molecule has 2 fully saturated rings. The number of rotatable bonds is 7. The normalized spacial score (nSPS) is 22.2. The molecule has 0 bridgehead atoms. The zero-order chi connectivity index (χ0) is 22.8. The van der Waals surface area contributed by atoms with Crippen LogP contribution in [0.2, 0.25) is 0 Å². The smallest absolute Gasteiger partial charge is 0.251 e. The van der Waals surface area contributed by atoms with Crippen LogP contribution < -0.4 is 16.0 Å². The number of anilines is 1. The summed E-state index contributed by atoms with van der Waals surface area (Å²) in [6, 6.07) is 15.2. The zero-order valence-electron chi connectivity index (χ0n) is 18.5. The molecule has 1 aliphatic carbocycles. The lowest BCUT2D eigenvalue weighted by molar-refractivity contribution is 0.0923. The Morgan fingerprint density at radius 1 is 1.15 bits per heavy atom. The van der Waals surface area contributed by atoms with Crippen LogP contribution in [0.15, 0.2) is 54.7 Å². The number of nitrogens with zero attached hydrogens (tertiary/aromatic N) is 3. The van der Waals surface area contributed by atoms with Crippen LogP contribution in [0.25, 0.3) is 11.3 Å². The van der Waals surface area contributed by atoms with Gasteiger partial charge in [-0.25, -0.2) is 4.39 Å². The molecule has 3 aromatic rings. The van der Waals surface area contributed by atoms with Gasteiger partial charge in [0.25, 0.3) is 5.91 Å². The van der Waals surface area contributed by atoms with E-state index in [-0.39, 0.29) is 17.4 Å². The summed E-state index contributed by atoms with van der Waals surface area (Å²) >= 11 is 0. The number of hydrogen-bond donors (Lipinski definition) is 3. The van der Waals surface area contributed by atoms with E-state index >= 15 is 0 Å². The summed E-state index contributed by atoms with van der Waals surface area (Å²) in [5, 5.41) is 18.1. The van der Waals surface area contributed by atoms with Crippen molar-refractivity contribution < 1.29 is 9.18 Å². The predicted octanol–water partition coefficient (Wildman–Crippen LogP) is 3.03. The van der Waals surface area contributed by atoms with Gasteiger partial charge < -0.3 is 16.0 Å². The molecular weight excluding hydrogens is 419 g/mol. The fourth-order valence-electron chi connectivity index (χ4n) is 4.57. The maximum absolute atomic E-state index is 13.9. The molecule has 0 atom stereocenters. The molecule has 0 radical (unpaired) electrons. The number of benzene rings is 1. The molecule has 1 aromatic carbocycles. The molecule has 0 spiro atoms. The first-order valence-electron chi connectivity index (χ1n) is 11.3. The first kappa shape index (κ1) is 21.5. The lowest BCUT2D eigenvalue weighted by Gasteiger charge is -2.44. The number of halogens is 1. The number of carbonyl (C=O) groups excluding carboxylic acids is 1. The van der Waals surface area contributed by atoms with Crippen molar-refractivity contribution in [3.8, 4) is 11.3 Å².